The topological polar surface area (TPSA) is 84.5 Å². The first kappa shape index (κ1) is 20.7. The van der Waals surface area contributed by atoms with Crippen molar-refractivity contribution in [1.29, 1.82) is 0 Å². The third-order valence-corrected chi connectivity index (χ3v) is 6.75. The van der Waals surface area contributed by atoms with Crippen molar-refractivity contribution in [2.75, 3.05) is 27.4 Å². The van der Waals surface area contributed by atoms with Crippen LogP contribution in [0.5, 0.6) is 0 Å². The lowest BCUT2D eigenvalue weighted by Crippen LogP contribution is -2.25. The predicted octanol–water partition coefficient (Wildman–Crippen LogP) is 3.22. The van der Waals surface area contributed by atoms with E-state index in [1.54, 1.807) is 14.0 Å². The van der Waals surface area contributed by atoms with Gasteiger partial charge in [-0.05, 0) is 43.5 Å². The maximum Gasteiger partial charge on any atom is 0.348 e. The Labute approximate surface area is 178 Å². The monoisotopic (exact) mass is 427 g/mol. The van der Waals surface area contributed by atoms with E-state index in [9.17, 15) is 9.59 Å². The number of aryl methyl sites for hydroxylation is 2. The number of benzene rings is 1. The van der Waals surface area contributed by atoms with Gasteiger partial charge in [-0.2, -0.15) is 0 Å². The van der Waals surface area contributed by atoms with Crippen LogP contribution in [0.2, 0.25) is 0 Å². The molecular weight excluding hydrogens is 402 g/mol. The average Bonchev–Trinajstić information content (AvgIpc) is 3.29. The van der Waals surface area contributed by atoms with Gasteiger partial charge in [0, 0.05) is 13.2 Å². The van der Waals surface area contributed by atoms with E-state index in [-0.39, 0.29) is 12.2 Å². The fraction of sp³-hybridized carbons (Fsp3) is 0.409. The standard InChI is InChI=1S/C22H25N3O4S/c1-13-18-20(26)23-17(24-21(18)30-19(13)22(27)29-11-10-28-3)12-25(2)16-9-8-14-6-4-5-7-15(14)16/h4-7,16H,8-12H2,1-3H3,(H,23,24,26). The molecule has 0 saturated carbocycles. The van der Waals surface area contributed by atoms with Gasteiger partial charge in [0.15, 0.2) is 0 Å². The largest absolute Gasteiger partial charge is 0.459 e. The number of H-pyrrole nitrogens is 1. The number of hydrogen-bond acceptors (Lipinski definition) is 7. The highest BCUT2D eigenvalue weighted by atomic mass is 32.1. The maximum atomic E-state index is 12.7. The quantitative estimate of drug-likeness (QED) is 0.460. The number of thiophene rings is 1. The summed E-state index contributed by atoms with van der Waals surface area (Å²) in [6.45, 7) is 2.78. The third-order valence-electron chi connectivity index (χ3n) is 5.59. The number of aromatic amines is 1. The van der Waals surface area contributed by atoms with Crippen molar-refractivity contribution in [3.63, 3.8) is 0 Å². The number of rotatable bonds is 7. The molecule has 0 aliphatic heterocycles. The van der Waals surface area contributed by atoms with Crippen LogP contribution >= 0.6 is 11.3 Å². The van der Waals surface area contributed by atoms with Gasteiger partial charge in [0.05, 0.1) is 18.5 Å². The Kier molecular flexibility index (Phi) is 5.99. The molecule has 2 aromatic heterocycles. The van der Waals surface area contributed by atoms with E-state index in [2.05, 4.69) is 46.2 Å². The van der Waals surface area contributed by atoms with E-state index in [0.717, 1.165) is 12.8 Å². The zero-order valence-corrected chi connectivity index (χ0v) is 18.2. The Bertz CT molecular complexity index is 1140. The van der Waals surface area contributed by atoms with Crippen molar-refractivity contribution in [1.82, 2.24) is 14.9 Å². The van der Waals surface area contributed by atoms with Gasteiger partial charge < -0.3 is 14.5 Å². The van der Waals surface area contributed by atoms with E-state index in [1.807, 2.05) is 0 Å². The van der Waals surface area contributed by atoms with Gasteiger partial charge in [0.2, 0.25) is 0 Å². The first-order chi connectivity index (χ1) is 14.5. The number of carbonyl (C=O) groups is 1. The maximum absolute atomic E-state index is 12.7. The minimum Gasteiger partial charge on any atom is -0.459 e. The first-order valence-electron chi connectivity index (χ1n) is 9.96. The number of aromatic nitrogens is 2. The summed E-state index contributed by atoms with van der Waals surface area (Å²) in [6.07, 6.45) is 2.12. The molecule has 0 saturated heterocycles. The van der Waals surface area contributed by atoms with Crippen molar-refractivity contribution < 1.29 is 14.3 Å². The van der Waals surface area contributed by atoms with Gasteiger partial charge >= 0.3 is 5.97 Å². The van der Waals surface area contributed by atoms with Crippen molar-refractivity contribution >= 4 is 27.5 Å². The summed E-state index contributed by atoms with van der Waals surface area (Å²) in [7, 11) is 3.60. The fourth-order valence-electron chi connectivity index (χ4n) is 4.08. The van der Waals surface area contributed by atoms with Crippen LogP contribution in [0.4, 0.5) is 0 Å². The van der Waals surface area contributed by atoms with Crippen molar-refractivity contribution in [2.45, 2.75) is 32.4 Å². The number of fused-ring (bicyclic) bond motifs is 2. The van der Waals surface area contributed by atoms with Crippen LogP contribution in [0.1, 0.15) is 44.6 Å². The molecule has 1 aliphatic carbocycles. The van der Waals surface area contributed by atoms with Crippen LogP contribution in [0, 0.1) is 6.92 Å². The molecule has 1 aliphatic rings. The molecule has 1 aromatic carbocycles. The molecule has 1 unspecified atom stereocenters. The lowest BCUT2D eigenvalue weighted by molar-refractivity contribution is 0.0393. The zero-order valence-electron chi connectivity index (χ0n) is 17.4. The molecule has 4 rings (SSSR count). The minimum absolute atomic E-state index is 0.172. The number of ether oxygens (including phenoxy) is 2. The van der Waals surface area contributed by atoms with E-state index in [1.165, 1.54) is 22.5 Å². The summed E-state index contributed by atoms with van der Waals surface area (Å²) in [5, 5.41) is 0.455. The van der Waals surface area contributed by atoms with Crippen LogP contribution in [0.3, 0.4) is 0 Å². The fourth-order valence-corrected chi connectivity index (χ4v) is 5.17. The molecule has 0 spiro atoms. The molecule has 8 heteroatoms. The average molecular weight is 428 g/mol. The smallest absolute Gasteiger partial charge is 0.348 e. The van der Waals surface area contributed by atoms with Gasteiger partial charge in [-0.15, -0.1) is 11.3 Å². The molecule has 1 atom stereocenters. The first-order valence-corrected chi connectivity index (χ1v) is 10.8. The summed E-state index contributed by atoms with van der Waals surface area (Å²) in [4.78, 5) is 35.8. The summed E-state index contributed by atoms with van der Waals surface area (Å²) in [5.41, 5.74) is 3.11. The Balaban J connectivity index is 1.57. The highest BCUT2D eigenvalue weighted by Gasteiger charge is 2.26. The lowest BCUT2D eigenvalue weighted by atomic mass is 10.1. The number of carbonyl (C=O) groups excluding carboxylic acids is 1. The zero-order chi connectivity index (χ0) is 21.3. The Hall–Kier alpha value is -2.55. The summed E-state index contributed by atoms with van der Waals surface area (Å²) in [5.74, 6) is 0.146. The molecule has 3 aromatic rings. The van der Waals surface area contributed by atoms with Crippen molar-refractivity contribution in [3.05, 3.63) is 62.0 Å². The Morgan fingerprint density at radius 2 is 2.13 bits per heavy atom. The highest BCUT2D eigenvalue weighted by Crippen LogP contribution is 2.35. The van der Waals surface area contributed by atoms with E-state index in [4.69, 9.17) is 9.47 Å². The molecule has 1 N–H and O–H groups in total. The normalized spacial score (nSPS) is 15.7. The second-order valence-corrected chi connectivity index (χ2v) is 8.55. The number of methoxy groups -OCH3 is 1. The van der Waals surface area contributed by atoms with E-state index in [0.29, 0.717) is 45.7 Å². The minimum atomic E-state index is -0.451. The Morgan fingerprint density at radius 3 is 2.93 bits per heavy atom. The molecule has 0 amide bonds. The molecule has 158 valence electrons. The summed E-state index contributed by atoms with van der Waals surface area (Å²) in [6, 6.07) is 8.80. The SMILES string of the molecule is COCCOC(=O)c1sc2nc(CN(C)C3CCc4ccccc43)[nH]c(=O)c2c1C. The molecule has 0 fully saturated rings. The van der Waals surface area contributed by atoms with Crippen molar-refractivity contribution in [3.8, 4) is 0 Å². The number of nitrogens with zero attached hydrogens (tertiary/aromatic N) is 2. The number of nitrogens with one attached hydrogen (secondary N) is 1. The van der Waals surface area contributed by atoms with E-state index >= 15 is 0 Å². The van der Waals surface area contributed by atoms with Crippen LogP contribution in [0.25, 0.3) is 10.2 Å². The third kappa shape index (κ3) is 3.90. The van der Waals surface area contributed by atoms with Crippen LogP contribution in [-0.4, -0.2) is 48.2 Å². The van der Waals surface area contributed by atoms with Gasteiger partial charge in [-0.3, -0.25) is 9.69 Å². The summed E-state index contributed by atoms with van der Waals surface area (Å²) < 4.78 is 10.1. The molecule has 0 bridgehead atoms. The second-order valence-electron chi connectivity index (χ2n) is 7.55. The molecule has 30 heavy (non-hydrogen) atoms. The lowest BCUT2D eigenvalue weighted by Gasteiger charge is -2.24. The van der Waals surface area contributed by atoms with E-state index < -0.39 is 5.97 Å². The van der Waals surface area contributed by atoms with Gasteiger partial charge in [-0.25, -0.2) is 9.78 Å². The van der Waals surface area contributed by atoms with Crippen LogP contribution in [0.15, 0.2) is 29.1 Å². The van der Waals surface area contributed by atoms with Crippen LogP contribution < -0.4 is 5.56 Å². The predicted molar refractivity (Wildman–Crippen MR) is 116 cm³/mol. The molecular formula is C22H25N3O4S. The van der Waals surface area contributed by atoms with Gasteiger partial charge in [-0.1, -0.05) is 24.3 Å². The molecule has 7 nitrogen and oxygen atoms in total. The Morgan fingerprint density at radius 1 is 1.33 bits per heavy atom. The van der Waals surface area contributed by atoms with Crippen molar-refractivity contribution in [2.24, 2.45) is 0 Å². The van der Waals surface area contributed by atoms with Gasteiger partial charge in [0.1, 0.15) is 22.1 Å². The summed E-state index contributed by atoms with van der Waals surface area (Å²) >= 11 is 1.20. The molecule has 0 radical (unpaired) electrons. The second kappa shape index (κ2) is 8.67. The molecule has 2 heterocycles. The number of esters is 1. The number of hydrogen-bond donors (Lipinski definition) is 1. The highest BCUT2D eigenvalue weighted by molar-refractivity contribution is 7.20. The van der Waals surface area contributed by atoms with Gasteiger partial charge in [0.25, 0.3) is 5.56 Å². The van der Waals surface area contributed by atoms with Crippen LogP contribution in [-0.2, 0) is 22.4 Å².